The first-order chi connectivity index (χ1) is 16.9. The van der Waals surface area contributed by atoms with Crippen LogP contribution in [0.3, 0.4) is 0 Å². The van der Waals surface area contributed by atoms with E-state index in [9.17, 15) is 38.4 Å². The maximum Gasteiger partial charge on any atom is 0.233 e. The number of carbonyl (C=O) groups excluding carboxylic acids is 8. The Hall–Kier alpha value is -3.44. The molecule has 4 aliphatic heterocycles. The molecule has 1 saturated carbocycles. The predicted molar refractivity (Wildman–Crippen MR) is 117 cm³/mol. The largest absolute Gasteiger partial charge is 0.285 e. The number of imide groups is 4. The van der Waals surface area contributed by atoms with Crippen LogP contribution in [0.15, 0.2) is 0 Å². The molecule has 8 amide bonds. The second kappa shape index (κ2) is 8.04. The van der Waals surface area contributed by atoms with Gasteiger partial charge in [0.15, 0.2) is 0 Å². The molecule has 5 aliphatic rings. The Morgan fingerprint density at radius 3 is 1.17 bits per heavy atom. The summed E-state index contributed by atoms with van der Waals surface area (Å²) >= 11 is 0. The summed E-state index contributed by atoms with van der Waals surface area (Å²) in [6, 6.07) is 0. The van der Waals surface area contributed by atoms with Crippen molar-refractivity contribution >= 4 is 47.3 Å². The van der Waals surface area contributed by atoms with Crippen LogP contribution in [0.2, 0.25) is 0 Å². The van der Waals surface area contributed by atoms with Crippen molar-refractivity contribution in [3.05, 3.63) is 0 Å². The highest BCUT2D eigenvalue weighted by Crippen LogP contribution is 2.49. The van der Waals surface area contributed by atoms with E-state index in [0.717, 1.165) is 19.6 Å². The summed E-state index contributed by atoms with van der Waals surface area (Å²) in [5.74, 6) is -12.1. The van der Waals surface area contributed by atoms with E-state index in [1.54, 1.807) is 0 Å². The Bertz CT molecular complexity index is 1150. The van der Waals surface area contributed by atoms with E-state index in [-0.39, 0.29) is 25.7 Å². The third-order valence-electron chi connectivity index (χ3n) is 9.08. The number of fused-ring (bicyclic) bond motifs is 6. The first-order valence-electron chi connectivity index (χ1n) is 12.1. The Morgan fingerprint density at radius 1 is 0.389 bits per heavy atom. The van der Waals surface area contributed by atoms with Crippen molar-refractivity contribution < 1.29 is 38.4 Å². The summed E-state index contributed by atoms with van der Waals surface area (Å²) in [7, 11) is 5.29. The Morgan fingerprint density at radius 2 is 0.694 bits per heavy atom. The number of likely N-dealkylation sites (tertiary alicyclic amines) is 4. The van der Waals surface area contributed by atoms with Crippen LogP contribution in [0.5, 0.6) is 0 Å². The highest BCUT2D eigenvalue weighted by atomic mass is 16.2. The van der Waals surface area contributed by atoms with Gasteiger partial charge in [0.25, 0.3) is 0 Å². The molecular weight excluding hydrogens is 472 g/mol. The van der Waals surface area contributed by atoms with Gasteiger partial charge >= 0.3 is 0 Å². The van der Waals surface area contributed by atoms with Gasteiger partial charge in [0.2, 0.25) is 47.3 Å². The van der Waals surface area contributed by atoms with Gasteiger partial charge in [-0.1, -0.05) is 0 Å². The van der Waals surface area contributed by atoms with Crippen molar-refractivity contribution in [2.75, 3.05) is 28.2 Å². The van der Waals surface area contributed by atoms with Crippen molar-refractivity contribution in [1.82, 2.24) is 19.6 Å². The van der Waals surface area contributed by atoms with Crippen LogP contribution in [0.25, 0.3) is 0 Å². The normalized spacial score (nSPS) is 39.4. The number of piperidine rings is 1. The Kier molecular flexibility index (Phi) is 5.42. The Balaban J connectivity index is 1.66. The van der Waals surface area contributed by atoms with E-state index in [1.807, 2.05) is 0 Å². The molecule has 192 valence electrons. The van der Waals surface area contributed by atoms with E-state index < -0.39 is 94.6 Å². The van der Waals surface area contributed by atoms with Gasteiger partial charge in [-0.15, -0.1) is 0 Å². The third-order valence-corrected chi connectivity index (χ3v) is 9.08. The summed E-state index contributed by atoms with van der Waals surface area (Å²) in [4.78, 5) is 109. The summed E-state index contributed by atoms with van der Waals surface area (Å²) in [5.41, 5.74) is 0. The van der Waals surface area contributed by atoms with Crippen molar-refractivity contribution in [2.45, 2.75) is 25.7 Å². The quantitative estimate of drug-likeness (QED) is 0.364. The lowest BCUT2D eigenvalue weighted by atomic mass is 9.67. The van der Waals surface area contributed by atoms with Gasteiger partial charge in [-0.25, -0.2) is 0 Å². The van der Waals surface area contributed by atoms with Gasteiger partial charge in [0, 0.05) is 40.0 Å². The average molecular weight is 501 g/mol. The van der Waals surface area contributed by atoms with Crippen LogP contribution in [-0.4, -0.2) is 95.0 Å². The SMILES string of the molecule is CN1C(=O)C2CC(CC3C(=O)N(C)C(=O)C3C3C(=O)N(C)C(=O)C3CC3C(=O)N(C)C(=O)C3C2)C1=O. The maximum absolute atomic E-state index is 13.3. The molecule has 36 heavy (non-hydrogen) atoms. The van der Waals surface area contributed by atoms with Gasteiger partial charge in [-0.3, -0.25) is 58.0 Å². The van der Waals surface area contributed by atoms with E-state index >= 15 is 0 Å². The summed E-state index contributed by atoms with van der Waals surface area (Å²) in [6.07, 6.45) is -0.108. The second-order valence-corrected chi connectivity index (χ2v) is 10.8. The average Bonchev–Trinajstić information content (AvgIpc) is 3.27. The number of hydrogen-bond donors (Lipinski definition) is 0. The molecule has 0 aromatic rings. The first-order valence-corrected chi connectivity index (χ1v) is 12.1. The molecule has 0 spiro atoms. The minimum absolute atomic E-state index is 0.0166. The van der Waals surface area contributed by atoms with Gasteiger partial charge in [0.1, 0.15) is 0 Å². The fourth-order valence-electron chi connectivity index (χ4n) is 7.08. The van der Waals surface area contributed by atoms with E-state index in [4.69, 9.17) is 0 Å². The maximum atomic E-state index is 13.3. The zero-order valence-corrected chi connectivity index (χ0v) is 20.5. The molecule has 12 nitrogen and oxygen atoms in total. The molecular formula is C24H28N4O8. The molecule has 0 N–H and O–H groups in total. The number of hydrogen-bond acceptors (Lipinski definition) is 8. The molecule has 4 saturated heterocycles. The standard InChI is InChI=1S/C24H28N4O8/c1-25-17(29)9-5-10(18(25)30)7-13-15(23(35)27(3)21(13)33)16-14(22(34)28(4)24(16)36)8-12-11(6-9)19(31)26(2)20(12)32/h9-16H,5-8H2,1-4H3. The van der Waals surface area contributed by atoms with Crippen LogP contribution in [0.1, 0.15) is 25.7 Å². The van der Waals surface area contributed by atoms with Gasteiger partial charge in [0.05, 0.1) is 35.5 Å². The summed E-state index contributed by atoms with van der Waals surface area (Å²) in [6.45, 7) is 0. The minimum atomic E-state index is -1.18. The van der Waals surface area contributed by atoms with Crippen LogP contribution < -0.4 is 0 Å². The van der Waals surface area contributed by atoms with Crippen molar-refractivity contribution in [3.63, 3.8) is 0 Å². The fraction of sp³-hybridized carbons (Fsp3) is 0.667. The van der Waals surface area contributed by atoms with Crippen LogP contribution in [-0.2, 0) is 38.4 Å². The number of amides is 8. The molecule has 0 aromatic heterocycles. The predicted octanol–water partition coefficient (Wildman–Crippen LogP) is -1.52. The van der Waals surface area contributed by atoms with Crippen LogP contribution in [0, 0.1) is 47.3 Å². The molecule has 2 bridgehead atoms. The van der Waals surface area contributed by atoms with Crippen molar-refractivity contribution in [2.24, 2.45) is 47.3 Å². The minimum Gasteiger partial charge on any atom is -0.285 e. The molecule has 8 atom stereocenters. The van der Waals surface area contributed by atoms with Crippen LogP contribution >= 0.6 is 0 Å². The summed E-state index contributed by atoms with van der Waals surface area (Å²) < 4.78 is 0. The Labute approximate surface area is 206 Å². The molecule has 12 heteroatoms. The topological polar surface area (TPSA) is 150 Å². The molecule has 1 aliphatic carbocycles. The van der Waals surface area contributed by atoms with Crippen molar-refractivity contribution in [3.8, 4) is 0 Å². The smallest absolute Gasteiger partial charge is 0.233 e. The highest BCUT2D eigenvalue weighted by molar-refractivity contribution is 6.12. The second-order valence-electron chi connectivity index (χ2n) is 10.8. The molecule has 5 rings (SSSR count). The molecule has 0 radical (unpaired) electrons. The monoisotopic (exact) mass is 500 g/mol. The molecule has 8 unspecified atom stereocenters. The third kappa shape index (κ3) is 3.12. The number of carbonyl (C=O) groups is 8. The van der Waals surface area contributed by atoms with Gasteiger partial charge in [-0.05, 0) is 25.7 Å². The summed E-state index contributed by atoms with van der Waals surface area (Å²) in [5, 5.41) is 0. The number of rotatable bonds is 0. The molecule has 4 heterocycles. The molecule has 0 aromatic carbocycles. The lowest BCUT2D eigenvalue weighted by molar-refractivity contribution is -0.156. The number of nitrogens with zero attached hydrogens (tertiary/aromatic N) is 4. The zero-order valence-electron chi connectivity index (χ0n) is 20.5. The van der Waals surface area contributed by atoms with Crippen molar-refractivity contribution in [1.29, 1.82) is 0 Å². The lowest BCUT2D eigenvalue weighted by Gasteiger charge is -2.37. The highest BCUT2D eigenvalue weighted by Gasteiger charge is 2.62. The van der Waals surface area contributed by atoms with E-state index in [0.29, 0.717) is 0 Å². The molecule has 5 fully saturated rings. The fourth-order valence-corrected chi connectivity index (χ4v) is 7.08. The zero-order chi connectivity index (χ0) is 26.4. The first kappa shape index (κ1) is 24.3. The van der Waals surface area contributed by atoms with Crippen LogP contribution in [0.4, 0.5) is 0 Å². The van der Waals surface area contributed by atoms with E-state index in [1.165, 1.54) is 28.2 Å². The van der Waals surface area contributed by atoms with E-state index in [2.05, 4.69) is 0 Å². The van der Waals surface area contributed by atoms with Gasteiger partial charge in [-0.2, -0.15) is 0 Å². The lowest BCUT2D eigenvalue weighted by Crippen LogP contribution is -2.49. The van der Waals surface area contributed by atoms with Gasteiger partial charge < -0.3 is 0 Å².